The fraction of sp³-hybridized carbons (Fsp3) is 0.353. The van der Waals surface area contributed by atoms with Crippen LogP contribution in [0.1, 0.15) is 22.1 Å². The summed E-state index contributed by atoms with van der Waals surface area (Å²) < 4.78 is 6.28. The minimum absolute atomic E-state index is 0.0450. The molecule has 0 saturated carbocycles. The molecule has 3 rings (SSSR count). The number of nitrogens with one attached hydrogen (secondary N) is 1. The van der Waals surface area contributed by atoms with Crippen LogP contribution in [-0.4, -0.2) is 55.7 Å². The molecule has 1 aliphatic heterocycles. The summed E-state index contributed by atoms with van der Waals surface area (Å²) in [6, 6.07) is 8.28. The van der Waals surface area contributed by atoms with Gasteiger partial charge < -0.3 is 25.4 Å². The van der Waals surface area contributed by atoms with Gasteiger partial charge in [-0.05, 0) is 25.1 Å². The molecule has 1 saturated heterocycles. The van der Waals surface area contributed by atoms with Crippen LogP contribution in [0.3, 0.4) is 0 Å². The smallest absolute Gasteiger partial charge is 0.351 e. The molecule has 1 aliphatic rings. The van der Waals surface area contributed by atoms with E-state index in [-0.39, 0.29) is 5.82 Å². The van der Waals surface area contributed by atoms with Crippen LogP contribution in [0.5, 0.6) is 0 Å². The van der Waals surface area contributed by atoms with E-state index in [1.807, 2.05) is 6.92 Å². The molecule has 0 spiro atoms. The molecular weight excluding hydrogens is 342 g/mol. The number of aromatic nitrogens is 2. The van der Waals surface area contributed by atoms with Crippen molar-refractivity contribution in [3.8, 4) is 0 Å². The van der Waals surface area contributed by atoms with E-state index >= 15 is 0 Å². The van der Waals surface area contributed by atoms with Crippen LogP contribution in [0.2, 0.25) is 0 Å². The highest BCUT2D eigenvalue weighted by atomic mass is 16.6. The van der Waals surface area contributed by atoms with Crippen molar-refractivity contribution in [2.24, 2.45) is 0 Å². The Balaban J connectivity index is 1.77. The van der Waals surface area contributed by atoms with Gasteiger partial charge in [-0.3, -0.25) is 9.36 Å². The Bertz CT molecular complexity index is 850. The van der Waals surface area contributed by atoms with Gasteiger partial charge in [0.1, 0.15) is 24.1 Å². The van der Waals surface area contributed by atoms with Gasteiger partial charge >= 0.3 is 5.69 Å². The first-order valence-electron chi connectivity index (χ1n) is 8.00. The molecule has 0 aliphatic carbocycles. The Morgan fingerprint density at radius 1 is 1.23 bits per heavy atom. The molecule has 1 aromatic carbocycles. The van der Waals surface area contributed by atoms with Crippen LogP contribution in [0.25, 0.3) is 0 Å². The summed E-state index contributed by atoms with van der Waals surface area (Å²) in [7, 11) is 0. The first-order valence-corrected chi connectivity index (χ1v) is 8.00. The van der Waals surface area contributed by atoms with Crippen molar-refractivity contribution < 1.29 is 24.9 Å². The zero-order chi connectivity index (χ0) is 18.8. The molecule has 4 atom stereocenters. The lowest BCUT2D eigenvalue weighted by atomic mass is 10.1. The quantitative estimate of drug-likeness (QED) is 0.572. The number of benzene rings is 1. The number of aliphatic hydroxyl groups is 3. The number of carbonyl (C=O) groups excluding carboxylic acids is 1. The highest BCUT2D eigenvalue weighted by Crippen LogP contribution is 2.28. The Morgan fingerprint density at radius 2 is 1.92 bits per heavy atom. The summed E-state index contributed by atoms with van der Waals surface area (Å²) in [5.41, 5.74) is 0.660. The largest absolute Gasteiger partial charge is 0.394 e. The molecular formula is C17H19N3O6. The second-order valence-corrected chi connectivity index (χ2v) is 6.05. The van der Waals surface area contributed by atoms with Crippen molar-refractivity contribution in [1.82, 2.24) is 9.55 Å². The topological polar surface area (TPSA) is 134 Å². The van der Waals surface area contributed by atoms with E-state index in [4.69, 9.17) is 9.84 Å². The summed E-state index contributed by atoms with van der Waals surface area (Å²) >= 11 is 0. The number of amides is 1. The van der Waals surface area contributed by atoms with E-state index in [9.17, 15) is 19.8 Å². The molecule has 0 radical (unpaired) electrons. The number of rotatable bonds is 4. The molecule has 9 nitrogen and oxygen atoms in total. The molecule has 138 valence electrons. The molecule has 9 heteroatoms. The van der Waals surface area contributed by atoms with Crippen molar-refractivity contribution in [2.45, 2.75) is 31.5 Å². The van der Waals surface area contributed by atoms with Crippen LogP contribution >= 0.6 is 0 Å². The number of ether oxygens (including phenoxy) is 1. The summed E-state index contributed by atoms with van der Waals surface area (Å²) in [5, 5.41) is 31.4. The van der Waals surface area contributed by atoms with Crippen LogP contribution in [0.4, 0.5) is 5.82 Å². The zero-order valence-corrected chi connectivity index (χ0v) is 13.9. The maximum atomic E-state index is 12.2. The van der Waals surface area contributed by atoms with E-state index in [2.05, 4.69) is 10.3 Å². The van der Waals surface area contributed by atoms with E-state index in [0.29, 0.717) is 5.56 Å². The molecule has 0 unspecified atom stereocenters. The number of aliphatic hydroxyl groups excluding tert-OH is 3. The van der Waals surface area contributed by atoms with E-state index < -0.39 is 42.7 Å². The average Bonchev–Trinajstić information content (AvgIpc) is 2.90. The normalized spacial score (nSPS) is 25.2. The van der Waals surface area contributed by atoms with Gasteiger partial charge in [-0.1, -0.05) is 17.7 Å². The number of hydrogen-bond acceptors (Lipinski definition) is 7. The average molecular weight is 361 g/mol. The van der Waals surface area contributed by atoms with Gasteiger partial charge in [0.25, 0.3) is 5.91 Å². The molecule has 2 aromatic rings. The summed E-state index contributed by atoms with van der Waals surface area (Å²) in [6.07, 6.45) is -3.59. The number of anilines is 1. The molecule has 1 amide bonds. The van der Waals surface area contributed by atoms with Gasteiger partial charge in [0.15, 0.2) is 6.23 Å². The SMILES string of the molecule is Cc1ccc(C(=O)Nc2ccn([C@H]3O[C@H](CO)[C@@H](O)[C@@H]3O)c(=O)n2)cc1. The maximum Gasteiger partial charge on any atom is 0.351 e. The van der Waals surface area contributed by atoms with Crippen molar-refractivity contribution >= 4 is 11.7 Å². The second-order valence-electron chi connectivity index (χ2n) is 6.05. The third kappa shape index (κ3) is 3.51. The molecule has 2 heterocycles. The predicted octanol–water partition coefficient (Wildman–Crippen LogP) is -0.584. The third-order valence-electron chi connectivity index (χ3n) is 4.18. The van der Waals surface area contributed by atoms with E-state index in [1.165, 1.54) is 12.3 Å². The lowest BCUT2D eigenvalue weighted by molar-refractivity contribution is -0.0549. The molecule has 26 heavy (non-hydrogen) atoms. The third-order valence-corrected chi connectivity index (χ3v) is 4.18. The highest BCUT2D eigenvalue weighted by Gasteiger charge is 2.43. The van der Waals surface area contributed by atoms with Crippen LogP contribution in [0.15, 0.2) is 41.3 Å². The summed E-state index contributed by atoms with van der Waals surface area (Å²) in [4.78, 5) is 28.1. The Hall–Kier alpha value is -2.59. The number of hydrogen-bond donors (Lipinski definition) is 4. The fourth-order valence-corrected chi connectivity index (χ4v) is 2.68. The van der Waals surface area contributed by atoms with Crippen molar-refractivity contribution in [1.29, 1.82) is 0 Å². The zero-order valence-electron chi connectivity index (χ0n) is 13.9. The predicted molar refractivity (Wildman–Crippen MR) is 90.6 cm³/mol. The second kappa shape index (κ2) is 7.34. The summed E-state index contributed by atoms with van der Waals surface area (Å²) in [5.74, 6) is -0.369. The Morgan fingerprint density at radius 3 is 2.50 bits per heavy atom. The highest BCUT2D eigenvalue weighted by molar-refractivity contribution is 6.03. The first-order chi connectivity index (χ1) is 12.4. The maximum absolute atomic E-state index is 12.2. The number of carbonyl (C=O) groups is 1. The number of nitrogens with zero attached hydrogens (tertiary/aromatic N) is 2. The lowest BCUT2D eigenvalue weighted by Crippen LogP contribution is -2.36. The Labute approximate surface area is 148 Å². The molecule has 0 bridgehead atoms. The van der Waals surface area contributed by atoms with Crippen LogP contribution < -0.4 is 11.0 Å². The molecule has 4 N–H and O–H groups in total. The molecule has 1 fully saturated rings. The van der Waals surface area contributed by atoms with E-state index in [0.717, 1.165) is 10.1 Å². The van der Waals surface area contributed by atoms with Crippen molar-refractivity contribution in [2.75, 3.05) is 11.9 Å². The van der Waals surface area contributed by atoms with Gasteiger partial charge in [-0.15, -0.1) is 0 Å². The first kappa shape index (κ1) is 18.2. The minimum atomic E-state index is -1.39. The van der Waals surface area contributed by atoms with Gasteiger partial charge in [0, 0.05) is 11.8 Å². The number of aryl methyl sites for hydroxylation is 1. The standard InChI is InChI=1S/C17H19N3O6/c1-9-2-4-10(5-3-9)15(24)18-12-6-7-20(17(25)19-12)16-14(23)13(22)11(8-21)26-16/h2-7,11,13-14,16,21-23H,8H2,1H3,(H,18,19,24,25)/t11-,13-,14+,16+/m1/s1. The monoisotopic (exact) mass is 361 g/mol. The van der Waals surface area contributed by atoms with Gasteiger partial charge in [0.2, 0.25) is 0 Å². The van der Waals surface area contributed by atoms with Crippen LogP contribution in [0, 0.1) is 6.92 Å². The molecule has 1 aromatic heterocycles. The minimum Gasteiger partial charge on any atom is -0.394 e. The van der Waals surface area contributed by atoms with Crippen molar-refractivity contribution in [3.63, 3.8) is 0 Å². The van der Waals surface area contributed by atoms with Gasteiger partial charge in [-0.25, -0.2) is 4.79 Å². The van der Waals surface area contributed by atoms with Crippen LogP contribution in [-0.2, 0) is 4.74 Å². The lowest BCUT2D eigenvalue weighted by Gasteiger charge is -2.17. The van der Waals surface area contributed by atoms with Gasteiger partial charge in [-0.2, -0.15) is 4.98 Å². The summed E-state index contributed by atoms with van der Waals surface area (Å²) in [6.45, 7) is 1.41. The van der Waals surface area contributed by atoms with Gasteiger partial charge in [0.05, 0.1) is 6.61 Å². The fourth-order valence-electron chi connectivity index (χ4n) is 2.68. The Kier molecular flexibility index (Phi) is 5.14. The van der Waals surface area contributed by atoms with E-state index in [1.54, 1.807) is 24.3 Å². The van der Waals surface area contributed by atoms with Crippen molar-refractivity contribution in [3.05, 3.63) is 58.1 Å².